The van der Waals surface area contributed by atoms with Gasteiger partial charge in [-0.15, -0.1) is 0 Å². The molecule has 0 bridgehead atoms. The van der Waals surface area contributed by atoms with E-state index in [9.17, 15) is 14.4 Å². The Balaban J connectivity index is 1.68. The summed E-state index contributed by atoms with van der Waals surface area (Å²) in [6, 6.07) is 20.2. The number of esters is 1. The number of halogens is 2. The van der Waals surface area contributed by atoms with Gasteiger partial charge in [0.2, 0.25) is 0 Å². The lowest BCUT2D eigenvalue weighted by molar-refractivity contribution is -0.120. The summed E-state index contributed by atoms with van der Waals surface area (Å²) in [5, 5.41) is 3.80. The van der Waals surface area contributed by atoms with E-state index in [-0.39, 0.29) is 16.7 Å². The van der Waals surface area contributed by atoms with Crippen molar-refractivity contribution in [2.24, 2.45) is 0 Å². The fourth-order valence-electron chi connectivity index (χ4n) is 3.35. The summed E-state index contributed by atoms with van der Waals surface area (Å²) >= 11 is 13.4. The number of thioether (sulfide) groups is 1. The molecule has 3 aromatic rings. The maximum atomic E-state index is 13.5. The molecule has 178 valence electrons. The molecular weight excluding hydrogens is 507 g/mol. The zero-order chi connectivity index (χ0) is 25.1. The maximum Gasteiger partial charge on any atom is 0.338 e. The molecule has 4 rings (SSSR count). The Morgan fingerprint density at radius 1 is 0.914 bits per heavy atom. The number of benzene rings is 3. The van der Waals surface area contributed by atoms with E-state index in [1.54, 1.807) is 32.0 Å². The first-order valence-corrected chi connectivity index (χ1v) is 12.2. The van der Waals surface area contributed by atoms with Crippen molar-refractivity contribution in [2.75, 3.05) is 10.2 Å². The van der Waals surface area contributed by atoms with Gasteiger partial charge >= 0.3 is 5.97 Å². The number of nitrogens with one attached hydrogen (secondary N) is 1. The maximum absolute atomic E-state index is 13.5. The molecule has 1 aliphatic heterocycles. The molecule has 1 heterocycles. The van der Waals surface area contributed by atoms with Gasteiger partial charge in [0.25, 0.3) is 11.8 Å². The zero-order valence-electron chi connectivity index (χ0n) is 18.7. The van der Waals surface area contributed by atoms with Gasteiger partial charge in [0.15, 0.2) is 0 Å². The predicted octanol–water partition coefficient (Wildman–Crippen LogP) is 6.55. The predicted molar refractivity (Wildman–Crippen MR) is 139 cm³/mol. The first-order valence-electron chi connectivity index (χ1n) is 10.6. The number of anilines is 2. The van der Waals surface area contributed by atoms with E-state index in [1.807, 2.05) is 30.3 Å². The van der Waals surface area contributed by atoms with Gasteiger partial charge in [0.1, 0.15) is 10.6 Å². The van der Waals surface area contributed by atoms with Crippen molar-refractivity contribution >= 4 is 64.1 Å². The Morgan fingerprint density at radius 3 is 2.14 bits per heavy atom. The third-order valence-corrected chi connectivity index (χ3v) is 6.37. The Labute approximate surface area is 216 Å². The van der Waals surface area contributed by atoms with Crippen LogP contribution in [-0.4, -0.2) is 23.9 Å². The van der Waals surface area contributed by atoms with Gasteiger partial charge in [-0.3, -0.25) is 9.59 Å². The normalized spacial score (nSPS) is 13.6. The molecule has 0 spiro atoms. The van der Waals surface area contributed by atoms with Crippen molar-refractivity contribution in [3.8, 4) is 0 Å². The van der Waals surface area contributed by atoms with Crippen LogP contribution in [0.1, 0.15) is 24.2 Å². The lowest BCUT2D eigenvalue weighted by atomic mass is 10.2. The number of amides is 2. The monoisotopic (exact) mass is 526 g/mol. The van der Waals surface area contributed by atoms with E-state index in [0.717, 1.165) is 9.80 Å². The number of hydrogen-bond donors (Lipinski definition) is 1. The zero-order valence-corrected chi connectivity index (χ0v) is 21.1. The molecule has 0 fully saturated rings. The first-order chi connectivity index (χ1) is 16.7. The highest BCUT2D eigenvalue weighted by atomic mass is 35.5. The molecule has 3 aromatic carbocycles. The standard InChI is InChI=1S/C26H20Cl2N2O4S/c1-15(2)34-26(33)16-8-10-20(11-9-16)30-24(31)22(29-19-13-17(27)12-18(28)14-19)23(25(30)32)35-21-6-4-3-5-7-21/h3-15,29H,1-2H3. The molecule has 2 amide bonds. The molecule has 0 saturated heterocycles. The molecule has 9 heteroatoms. The topological polar surface area (TPSA) is 75.7 Å². The summed E-state index contributed by atoms with van der Waals surface area (Å²) in [4.78, 5) is 41.2. The molecule has 0 atom stereocenters. The summed E-state index contributed by atoms with van der Waals surface area (Å²) in [5.74, 6) is -1.51. The lowest BCUT2D eigenvalue weighted by Crippen LogP contribution is -2.32. The molecule has 0 saturated carbocycles. The molecule has 35 heavy (non-hydrogen) atoms. The minimum atomic E-state index is -0.540. The second kappa shape index (κ2) is 10.6. The second-order valence-electron chi connectivity index (χ2n) is 7.85. The van der Waals surface area contributed by atoms with E-state index >= 15 is 0 Å². The lowest BCUT2D eigenvalue weighted by Gasteiger charge is -2.16. The Morgan fingerprint density at radius 2 is 1.54 bits per heavy atom. The largest absolute Gasteiger partial charge is 0.459 e. The number of nitrogens with zero attached hydrogens (tertiary/aromatic N) is 1. The molecule has 0 unspecified atom stereocenters. The van der Waals surface area contributed by atoms with Gasteiger partial charge in [-0.25, -0.2) is 9.69 Å². The van der Waals surface area contributed by atoms with Crippen molar-refractivity contribution in [3.63, 3.8) is 0 Å². The van der Waals surface area contributed by atoms with Gasteiger partial charge in [-0.05, 0) is 68.4 Å². The first kappa shape index (κ1) is 24.9. The van der Waals surface area contributed by atoms with E-state index in [1.165, 1.54) is 36.0 Å². The van der Waals surface area contributed by atoms with E-state index in [4.69, 9.17) is 27.9 Å². The average molecular weight is 527 g/mol. The summed E-state index contributed by atoms with van der Waals surface area (Å²) in [6.07, 6.45) is -0.265. The number of ether oxygens (including phenoxy) is 1. The van der Waals surface area contributed by atoms with E-state index < -0.39 is 17.8 Å². The van der Waals surface area contributed by atoms with Crippen molar-refractivity contribution in [1.82, 2.24) is 0 Å². The van der Waals surface area contributed by atoms with Crippen LogP contribution in [0.3, 0.4) is 0 Å². The number of carbonyl (C=O) groups is 3. The molecule has 1 aliphatic rings. The van der Waals surface area contributed by atoms with Crippen molar-refractivity contribution < 1.29 is 19.1 Å². The summed E-state index contributed by atoms with van der Waals surface area (Å²) < 4.78 is 5.20. The smallest absolute Gasteiger partial charge is 0.338 e. The minimum absolute atomic E-state index is 0.102. The van der Waals surface area contributed by atoms with Crippen LogP contribution in [0.4, 0.5) is 11.4 Å². The molecular formula is C26H20Cl2N2O4S. The molecule has 0 radical (unpaired) electrons. The Kier molecular flexibility index (Phi) is 7.50. The fourth-order valence-corrected chi connectivity index (χ4v) is 4.83. The summed E-state index contributed by atoms with van der Waals surface area (Å²) in [5.41, 5.74) is 1.22. The van der Waals surface area contributed by atoms with E-state index in [0.29, 0.717) is 27.0 Å². The molecule has 6 nitrogen and oxygen atoms in total. The second-order valence-corrected chi connectivity index (χ2v) is 9.81. The third-order valence-electron chi connectivity index (χ3n) is 4.84. The molecule has 0 aromatic heterocycles. The van der Waals surface area contributed by atoms with Crippen LogP contribution >= 0.6 is 35.0 Å². The van der Waals surface area contributed by atoms with Crippen LogP contribution in [0.25, 0.3) is 0 Å². The van der Waals surface area contributed by atoms with Crippen molar-refractivity contribution in [2.45, 2.75) is 24.8 Å². The SMILES string of the molecule is CC(C)OC(=O)c1ccc(N2C(=O)C(Nc3cc(Cl)cc(Cl)c3)=C(Sc3ccccc3)C2=O)cc1. The third kappa shape index (κ3) is 5.70. The van der Waals surface area contributed by atoms with Gasteiger partial charge in [-0.2, -0.15) is 0 Å². The van der Waals surface area contributed by atoms with Crippen molar-refractivity contribution in [1.29, 1.82) is 0 Å². The molecule has 0 aliphatic carbocycles. The van der Waals surface area contributed by atoms with Crippen LogP contribution < -0.4 is 10.2 Å². The van der Waals surface area contributed by atoms with Gasteiger partial charge < -0.3 is 10.1 Å². The van der Waals surface area contributed by atoms with Crippen LogP contribution in [0.2, 0.25) is 10.0 Å². The Hall–Kier alpha value is -3.26. The van der Waals surface area contributed by atoms with Gasteiger partial charge in [-0.1, -0.05) is 53.2 Å². The number of rotatable bonds is 7. The highest BCUT2D eigenvalue weighted by Gasteiger charge is 2.40. The van der Waals surface area contributed by atoms with Crippen LogP contribution in [-0.2, 0) is 14.3 Å². The Bertz CT molecular complexity index is 1300. The number of imide groups is 1. The highest BCUT2D eigenvalue weighted by Crippen LogP contribution is 2.38. The van der Waals surface area contributed by atoms with Crippen LogP contribution in [0, 0.1) is 0 Å². The van der Waals surface area contributed by atoms with E-state index in [2.05, 4.69) is 5.32 Å². The van der Waals surface area contributed by atoms with Crippen molar-refractivity contribution in [3.05, 3.63) is 99.0 Å². The quantitative estimate of drug-likeness (QED) is 0.278. The fraction of sp³-hybridized carbons (Fsp3) is 0.115. The number of hydrogen-bond acceptors (Lipinski definition) is 6. The average Bonchev–Trinajstić information content (AvgIpc) is 3.03. The summed E-state index contributed by atoms with van der Waals surface area (Å²) in [7, 11) is 0. The number of carbonyl (C=O) groups excluding carboxylic acids is 3. The van der Waals surface area contributed by atoms with Crippen LogP contribution in [0.15, 0.2) is 88.3 Å². The van der Waals surface area contributed by atoms with Gasteiger partial charge in [0, 0.05) is 20.6 Å². The van der Waals surface area contributed by atoms with Crippen LogP contribution in [0.5, 0.6) is 0 Å². The van der Waals surface area contributed by atoms with Gasteiger partial charge in [0.05, 0.1) is 17.4 Å². The minimum Gasteiger partial charge on any atom is -0.459 e. The summed E-state index contributed by atoms with van der Waals surface area (Å²) in [6.45, 7) is 3.51. The molecule has 1 N–H and O–H groups in total. The highest BCUT2D eigenvalue weighted by molar-refractivity contribution is 8.04.